The molecule has 1 aromatic rings. The minimum absolute atomic E-state index is 0.115. The van der Waals surface area contributed by atoms with E-state index in [0.717, 1.165) is 0 Å². The van der Waals surface area contributed by atoms with Crippen LogP contribution in [0.1, 0.15) is 0 Å². The van der Waals surface area contributed by atoms with E-state index < -0.39 is 11.9 Å². The van der Waals surface area contributed by atoms with E-state index in [1.54, 1.807) is 12.1 Å². The zero-order valence-corrected chi connectivity index (χ0v) is 8.53. The number of carbonyl (C=O) groups is 1. The highest BCUT2D eigenvalue weighted by molar-refractivity contribution is 6.30. The third-order valence-electron chi connectivity index (χ3n) is 2.11. The van der Waals surface area contributed by atoms with E-state index in [1.807, 2.05) is 0 Å². The lowest BCUT2D eigenvalue weighted by Gasteiger charge is -2.06. The maximum atomic E-state index is 11.4. The van der Waals surface area contributed by atoms with Gasteiger partial charge in [-0.15, -0.1) is 0 Å². The molecule has 0 spiro atoms. The van der Waals surface area contributed by atoms with E-state index in [9.17, 15) is 4.79 Å². The summed E-state index contributed by atoms with van der Waals surface area (Å²) in [6.07, 6.45) is 0. The molecule has 1 aromatic carbocycles. The molecule has 0 amide bonds. The first-order chi connectivity index (χ1) is 7.20. The molecule has 0 radical (unpaired) electrons. The molecule has 0 saturated heterocycles. The Kier molecular flexibility index (Phi) is 2.79. The Morgan fingerprint density at radius 2 is 2.27 bits per heavy atom. The number of aliphatic hydroxyl groups excluding tert-OH is 1. The summed E-state index contributed by atoms with van der Waals surface area (Å²) in [4.78, 5) is 11.4. The predicted octanol–water partition coefficient (Wildman–Crippen LogP) is 1.25. The summed E-state index contributed by atoms with van der Waals surface area (Å²) in [6, 6.07) is 4.78. The van der Waals surface area contributed by atoms with Crippen molar-refractivity contribution in [2.75, 3.05) is 13.2 Å². The number of rotatable bonds is 1. The Balaban J connectivity index is 2.31. The van der Waals surface area contributed by atoms with E-state index in [-0.39, 0.29) is 13.2 Å². The Labute approximate surface area is 91.4 Å². The van der Waals surface area contributed by atoms with Crippen LogP contribution in [0.15, 0.2) is 18.2 Å². The van der Waals surface area contributed by atoms with Crippen molar-refractivity contribution in [2.45, 2.75) is 0 Å². The van der Waals surface area contributed by atoms with Gasteiger partial charge in [0.2, 0.25) is 0 Å². The van der Waals surface area contributed by atoms with Crippen LogP contribution in [0.5, 0.6) is 11.5 Å². The van der Waals surface area contributed by atoms with Crippen LogP contribution in [0.25, 0.3) is 0 Å². The van der Waals surface area contributed by atoms with Crippen LogP contribution in [0, 0.1) is 5.92 Å². The second-order valence-corrected chi connectivity index (χ2v) is 3.64. The van der Waals surface area contributed by atoms with Crippen LogP contribution in [0.4, 0.5) is 0 Å². The Morgan fingerprint density at radius 1 is 1.47 bits per heavy atom. The van der Waals surface area contributed by atoms with Gasteiger partial charge in [0.1, 0.15) is 12.5 Å². The third-order valence-corrected chi connectivity index (χ3v) is 2.35. The molecule has 1 atom stereocenters. The quantitative estimate of drug-likeness (QED) is 0.581. The lowest BCUT2D eigenvalue weighted by atomic mass is 10.2. The second kappa shape index (κ2) is 4.08. The summed E-state index contributed by atoms with van der Waals surface area (Å²) in [5.74, 6) is -0.387. The van der Waals surface area contributed by atoms with Crippen LogP contribution >= 0.6 is 11.6 Å². The van der Waals surface area contributed by atoms with Crippen molar-refractivity contribution < 1.29 is 19.4 Å². The zero-order valence-electron chi connectivity index (χ0n) is 7.77. The van der Waals surface area contributed by atoms with Gasteiger partial charge in [0.05, 0.1) is 6.61 Å². The normalized spacial score (nSPS) is 19.9. The van der Waals surface area contributed by atoms with Crippen molar-refractivity contribution in [3.8, 4) is 11.5 Å². The van der Waals surface area contributed by atoms with Gasteiger partial charge in [-0.1, -0.05) is 11.6 Å². The van der Waals surface area contributed by atoms with Gasteiger partial charge in [-0.05, 0) is 12.1 Å². The largest absolute Gasteiger partial charge is 0.489 e. The van der Waals surface area contributed by atoms with E-state index >= 15 is 0 Å². The molecule has 15 heavy (non-hydrogen) atoms. The Morgan fingerprint density at radius 3 is 3.00 bits per heavy atom. The van der Waals surface area contributed by atoms with Gasteiger partial charge in [0.15, 0.2) is 11.5 Å². The molecule has 2 rings (SSSR count). The highest BCUT2D eigenvalue weighted by Gasteiger charge is 2.26. The maximum absolute atomic E-state index is 11.4. The van der Waals surface area contributed by atoms with E-state index in [4.69, 9.17) is 26.2 Å². The van der Waals surface area contributed by atoms with E-state index in [2.05, 4.69) is 0 Å². The maximum Gasteiger partial charge on any atom is 0.320 e. The highest BCUT2D eigenvalue weighted by atomic mass is 35.5. The van der Waals surface area contributed by atoms with Crippen molar-refractivity contribution in [3.05, 3.63) is 23.2 Å². The zero-order chi connectivity index (χ0) is 10.8. The average Bonchev–Trinajstić information content (AvgIpc) is 2.35. The van der Waals surface area contributed by atoms with E-state index in [1.165, 1.54) is 6.07 Å². The molecule has 4 nitrogen and oxygen atoms in total. The molecule has 0 fully saturated rings. The Bertz CT molecular complexity index is 391. The smallest absolute Gasteiger partial charge is 0.320 e. The van der Waals surface area contributed by atoms with Crippen LogP contribution in [0.2, 0.25) is 5.02 Å². The number of hydrogen-bond acceptors (Lipinski definition) is 4. The first-order valence-corrected chi connectivity index (χ1v) is 4.83. The second-order valence-electron chi connectivity index (χ2n) is 3.20. The molecule has 0 bridgehead atoms. The van der Waals surface area contributed by atoms with Crippen LogP contribution in [-0.2, 0) is 4.79 Å². The SMILES string of the molecule is O=C1Oc2cc(Cl)ccc2OCC1CO. The molecule has 1 N–H and O–H groups in total. The number of carbonyl (C=O) groups excluding carboxylic acids is 1. The number of ether oxygens (including phenoxy) is 2. The summed E-state index contributed by atoms with van der Waals surface area (Å²) in [5, 5.41) is 9.38. The first kappa shape index (κ1) is 10.3. The van der Waals surface area contributed by atoms with Crippen molar-refractivity contribution in [1.29, 1.82) is 0 Å². The minimum Gasteiger partial charge on any atom is -0.489 e. The molecule has 0 aromatic heterocycles. The number of fused-ring (bicyclic) bond motifs is 1. The van der Waals surface area contributed by atoms with Crippen molar-refractivity contribution in [3.63, 3.8) is 0 Å². The summed E-state index contributed by atoms with van der Waals surface area (Å²) < 4.78 is 10.3. The fourth-order valence-electron chi connectivity index (χ4n) is 1.26. The molecule has 1 aliphatic heterocycles. The third kappa shape index (κ3) is 2.06. The fraction of sp³-hybridized carbons (Fsp3) is 0.300. The van der Waals surface area contributed by atoms with E-state index in [0.29, 0.717) is 16.5 Å². The summed E-state index contributed by atoms with van der Waals surface area (Å²) in [7, 11) is 0. The van der Waals surface area contributed by atoms with Crippen molar-refractivity contribution in [1.82, 2.24) is 0 Å². The number of benzene rings is 1. The topological polar surface area (TPSA) is 55.8 Å². The molecule has 1 aliphatic rings. The van der Waals surface area contributed by atoms with Crippen molar-refractivity contribution in [2.24, 2.45) is 5.92 Å². The standard InChI is InChI=1S/C10H9ClO4/c11-7-1-2-8-9(3-7)15-10(13)6(4-12)5-14-8/h1-3,6,12H,4-5H2. The molecule has 5 heteroatoms. The number of halogens is 1. The minimum atomic E-state index is -0.642. The van der Waals surface area contributed by atoms with Crippen molar-refractivity contribution >= 4 is 17.6 Å². The van der Waals surface area contributed by atoms with Crippen LogP contribution in [0.3, 0.4) is 0 Å². The summed E-state index contributed by atoms with van der Waals surface area (Å²) in [5.41, 5.74) is 0. The molecule has 1 heterocycles. The van der Waals surface area contributed by atoms with Gasteiger partial charge in [-0.25, -0.2) is 0 Å². The number of esters is 1. The average molecular weight is 229 g/mol. The monoisotopic (exact) mass is 228 g/mol. The Hall–Kier alpha value is -1.26. The van der Waals surface area contributed by atoms with Gasteiger partial charge in [0.25, 0.3) is 0 Å². The number of hydrogen-bond donors (Lipinski definition) is 1. The van der Waals surface area contributed by atoms with Gasteiger partial charge in [0, 0.05) is 11.1 Å². The molecule has 0 aliphatic carbocycles. The first-order valence-electron chi connectivity index (χ1n) is 4.45. The molecular weight excluding hydrogens is 220 g/mol. The lowest BCUT2D eigenvalue weighted by molar-refractivity contribution is -0.140. The van der Waals surface area contributed by atoms with Crippen LogP contribution in [-0.4, -0.2) is 24.3 Å². The summed E-state index contributed by atoms with van der Waals surface area (Å²) in [6.45, 7) is -0.176. The number of aliphatic hydroxyl groups is 1. The molecule has 80 valence electrons. The fourth-order valence-corrected chi connectivity index (χ4v) is 1.42. The lowest BCUT2D eigenvalue weighted by Crippen LogP contribution is -2.26. The molecular formula is C10H9ClO4. The molecule has 1 unspecified atom stereocenters. The molecule has 0 saturated carbocycles. The highest BCUT2D eigenvalue weighted by Crippen LogP contribution is 2.33. The predicted molar refractivity (Wildman–Crippen MR) is 53.2 cm³/mol. The van der Waals surface area contributed by atoms with Gasteiger partial charge < -0.3 is 14.6 Å². The van der Waals surface area contributed by atoms with Gasteiger partial charge >= 0.3 is 5.97 Å². The van der Waals surface area contributed by atoms with Gasteiger partial charge in [-0.3, -0.25) is 4.79 Å². The van der Waals surface area contributed by atoms with Gasteiger partial charge in [-0.2, -0.15) is 0 Å². The summed E-state index contributed by atoms with van der Waals surface area (Å²) >= 11 is 5.75. The van der Waals surface area contributed by atoms with Crippen LogP contribution < -0.4 is 9.47 Å².